The van der Waals surface area contributed by atoms with Gasteiger partial charge in [-0.1, -0.05) is 6.92 Å². The van der Waals surface area contributed by atoms with Gasteiger partial charge in [0.05, 0.1) is 18.2 Å². The van der Waals surface area contributed by atoms with Crippen LogP contribution < -0.4 is 5.32 Å². The van der Waals surface area contributed by atoms with Crippen LogP contribution in [-0.4, -0.2) is 22.5 Å². The fraction of sp³-hybridized carbons (Fsp3) is 0.700. The van der Waals surface area contributed by atoms with Crippen molar-refractivity contribution < 1.29 is 13.2 Å². The molecular weight excluding hydrogens is 219 g/mol. The lowest BCUT2D eigenvalue weighted by Crippen LogP contribution is -2.28. The average molecular weight is 235 g/mol. The van der Waals surface area contributed by atoms with E-state index >= 15 is 0 Å². The van der Waals surface area contributed by atoms with Crippen LogP contribution in [0, 0.1) is 0 Å². The highest BCUT2D eigenvalue weighted by atomic mass is 19.4. The quantitative estimate of drug-likeness (QED) is 0.849. The van der Waals surface area contributed by atoms with E-state index in [1.807, 2.05) is 6.92 Å². The summed E-state index contributed by atoms with van der Waals surface area (Å²) in [6, 6.07) is 0.895. The van der Waals surface area contributed by atoms with Gasteiger partial charge in [0.1, 0.15) is 0 Å². The molecule has 0 amide bonds. The number of rotatable bonds is 5. The second kappa shape index (κ2) is 5.34. The Morgan fingerprint density at radius 3 is 2.62 bits per heavy atom. The molecule has 1 unspecified atom stereocenters. The first-order chi connectivity index (χ1) is 7.44. The zero-order valence-corrected chi connectivity index (χ0v) is 9.38. The van der Waals surface area contributed by atoms with Gasteiger partial charge < -0.3 is 5.32 Å². The molecule has 0 fully saturated rings. The van der Waals surface area contributed by atoms with E-state index in [9.17, 15) is 13.2 Å². The number of alkyl halides is 3. The number of hydrogen-bond acceptors (Lipinski definition) is 2. The van der Waals surface area contributed by atoms with Crippen LogP contribution in [-0.2, 0) is 7.05 Å². The number of aromatic nitrogens is 2. The van der Waals surface area contributed by atoms with Crippen molar-refractivity contribution in [3.63, 3.8) is 0 Å². The smallest absolute Gasteiger partial charge is 0.308 e. The Labute approximate surface area is 92.6 Å². The third kappa shape index (κ3) is 3.84. The molecule has 0 saturated carbocycles. The molecule has 1 rings (SSSR count). The number of hydrogen-bond donors (Lipinski definition) is 1. The fourth-order valence-electron chi connectivity index (χ4n) is 1.56. The van der Waals surface area contributed by atoms with Crippen LogP contribution in [0.2, 0.25) is 0 Å². The van der Waals surface area contributed by atoms with Crippen molar-refractivity contribution in [2.75, 3.05) is 6.54 Å². The molecule has 0 saturated heterocycles. The number of nitrogens with one attached hydrogen (secondary N) is 1. The van der Waals surface area contributed by atoms with E-state index in [0.29, 0.717) is 12.2 Å². The number of halogens is 3. The predicted octanol–water partition coefficient (Wildman–Crippen LogP) is 2.41. The molecule has 16 heavy (non-hydrogen) atoms. The van der Waals surface area contributed by atoms with E-state index in [-0.39, 0.29) is 0 Å². The van der Waals surface area contributed by atoms with Crippen LogP contribution in [0.4, 0.5) is 13.2 Å². The van der Waals surface area contributed by atoms with Crippen LogP contribution >= 0.6 is 0 Å². The maximum Gasteiger partial charge on any atom is 0.390 e. The Morgan fingerprint density at radius 1 is 1.50 bits per heavy atom. The third-order valence-electron chi connectivity index (χ3n) is 2.29. The highest BCUT2D eigenvalue weighted by Crippen LogP contribution is 2.29. The summed E-state index contributed by atoms with van der Waals surface area (Å²) < 4.78 is 38.6. The topological polar surface area (TPSA) is 29.9 Å². The predicted molar refractivity (Wildman–Crippen MR) is 54.9 cm³/mol. The first-order valence-electron chi connectivity index (χ1n) is 5.22. The first-order valence-corrected chi connectivity index (χ1v) is 5.22. The summed E-state index contributed by atoms with van der Waals surface area (Å²) in [5.74, 6) is 0. The van der Waals surface area contributed by atoms with Gasteiger partial charge in [-0.25, -0.2) is 0 Å². The Morgan fingerprint density at radius 2 is 2.19 bits per heavy atom. The summed E-state index contributed by atoms with van der Waals surface area (Å²) in [7, 11) is 1.65. The van der Waals surface area contributed by atoms with Gasteiger partial charge in [0.25, 0.3) is 0 Å². The largest absolute Gasteiger partial charge is 0.390 e. The highest BCUT2D eigenvalue weighted by molar-refractivity contribution is 5.07. The van der Waals surface area contributed by atoms with Crippen molar-refractivity contribution in [1.82, 2.24) is 15.1 Å². The minimum atomic E-state index is -4.17. The standard InChI is InChI=1S/C10H16F3N3/c1-3-5-14-8(7-10(11,12)13)9-4-6-15-16(9)2/h4,6,8,14H,3,5,7H2,1-2H3. The summed E-state index contributed by atoms with van der Waals surface area (Å²) in [5, 5.41) is 6.77. The summed E-state index contributed by atoms with van der Waals surface area (Å²) in [4.78, 5) is 0. The number of aryl methyl sites for hydroxylation is 1. The molecule has 0 bridgehead atoms. The SMILES string of the molecule is CCCNC(CC(F)(F)F)c1ccnn1C. The first kappa shape index (κ1) is 13.0. The summed E-state index contributed by atoms with van der Waals surface area (Å²) in [6.45, 7) is 2.48. The zero-order chi connectivity index (χ0) is 12.2. The Bertz CT molecular complexity index is 319. The maximum atomic E-state index is 12.4. The fourth-order valence-corrected chi connectivity index (χ4v) is 1.56. The lowest BCUT2D eigenvalue weighted by atomic mass is 10.1. The van der Waals surface area contributed by atoms with Crippen molar-refractivity contribution in [1.29, 1.82) is 0 Å². The Balaban J connectivity index is 2.75. The molecule has 1 N–H and O–H groups in total. The molecule has 0 aliphatic carbocycles. The molecular formula is C10H16F3N3. The van der Waals surface area contributed by atoms with Crippen LogP contribution in [0.5, 0.6) is 0 Å². The lowest BCUT2D eigenvalue weighted by molar-refractivity contribution is -0.140. The van der Waals surface area contributed by atoms with Crippen molar-refractivity contribution in [2.24, 2.45) is 7.05 Å². The maximum absolute atomic E-state index is 12.4. The molecule has 1 atom stereocenters. The Kier molecular flexibility index (Phi) is 4.35. The molecule has 92 valence electrons. The second-order valence-electron chi connectivity index (χ2n) is 3.71. The highest BCUT2D eigenvalue weighted by Gasteiger charge is 2.33. The average Bonchev–Trinajstić information content (AvgIpc) is 2.57. The van der Waals surface area contributed by atoms with Gasteiger partial charge in [0.2, 0.25) is 0 Å². The van der Waals surface area contributed by atoms with Crippen LogP contribution in [0.3, 0.4) is 0 Å². The summed E-state index contributed by atoms with van der Waals surface area (Å²) in [6.07, 6.45) is -2.74. The van der Waals surface area contributed by atoms with Gasteiger partial charge in [-0.2, -0.15) is 18.3 Å². The van der Waals surface area contributed by atoms with Crippen LogP contribution in [0.15, 0.2) is 12.3 Å². The molecule has 0 aromatic carbocycles. The molecule has 1 aromatic heterocycles. The van der Waals surface area contributed by atoms with E-state index in [2.05, 4.69) is 10.4 Å². The minimum Gasteiger partial charge on any atom is -0.308 e. The molecule has 1 aromatic rings. The molecule has 0 aliphatic heterocycles. The van der Waals surface area contributed by atoms with Gasteiger partial charge in [-0.15, -0.1) is 0 Å². The van der Waals surface area contributed by atoms with Crippen LogP contribution in [0.25, 0.3) is 0 Å². The molecule has 0 radical (unpaired) electrons. The van der Waals surface area contributed by atoms with E-state index in [0.717, 1.165) is 6.42 Å². The summed E-state index contributed by atoms with van der Waals surface area (Å²) in [5.41, 5.74) is 0.561. The Hall–Kier alpha value is -1.04. The molecule has 0 aliphatic rings. The molecule has 6 heteroatoms. The summed E-state index contributed by atoms with van der Waals surface area (Å²) >= 11 is 0. The van der Waals surface area contributed by atoms with Gasteiger partial charge >= 0.3 is 6.18 Å². The molecule has 3 nitrogen and oxygen atoms in total. The van der Waals surface area contributed by atoms with E-state index < -0.39 is 18.6 Å². The van der Waals surface area contributed by atoms with Crippen molar-refractivity contribution >= 4 is 0 Å². The number of nitrogens with zero attached hydrogens (tertiary/aromatic N) is 2. The van der Waals surface area contributed by atoms with Crippen LogP contribution in [0.1, 0.15) is 31.5 Å². The second-order valence-corrected chi connectivity index (χ2v) is 3.71. The third-order valence-corrected chi connectivity index (χ3v) is 2.29. The van der Waals surface area contributed by atoms with Gasteiger partial charge in [0.15, 0.2) is 0 Å². The van der Waals surface area contributed by atoms with Crippen molar-refractivity contribution in [3.8, 4) is 0 Å². The van der Waals surface area contributed by atoms with Crippen molar-refractivity contribution in [2.45, 2.75) is 32.0 Å². The lowest BCUT2D eigenvalue weighted by Gasteiger charge is -2.20. The molecule has 1 heterocycles. The normalized spacial score (nSPS) is 14.1. The van der Waals surface area contributed by atoms with E-state index in [1.54, 1.807) is 13.1 Å². The van der Waals surface area contributed by atoms with Gasteiger partial charge in [-0.3, -0.25) is 4.68 Å². The molecule has 0 spiro atoms. The monoisotopic (exact) mass is 235 g/mol. The van der Waals surface area contributed by atoms with Gasteiger partial charge in [-0.05, 0) is 19.0 Å². The van der Waals surface area contributed by atoms with E-state index in [4.69, 9.17) is 0 Å². The van der Waals surface area contributed by atoms with E-state index in [1.165, 1.54) is 10.9 Å². The zero-order valence-electron chi connectivity index (χ0n) is 9.38. The van der Waals surface area contributed by atoms with Gasteiger partial charge in [0, 0.05) is 13.2 Å². The van der Waals surface area contributed by atoms with Crippen molar-refractivity contribution in [3.05, 3.63) is 18.0 Å². The minimum absolute atomic E-state index is 0.561.